The van der Waals surface area contributed by atoms with Gasteiger partial charge in [0.25, 0.3) is 0 Å². The Morgan fingerprint density at radius 3 is 2.24 bits per heavy atom. The van der Waals surface area contributed by atoms with Crippen molar-refractivity contribution < 1.29 is 9.90 Å². The van der Waals surface area contributed by atoms with Gasteiger partial charge in [0.2, 0.25) is 5.91 Å². The van der Waals surface area contributed by atoms with Crippen molar-refractivity contribution in [2.45, 2.75) is 47.1 Å². The van der Waals surface area contributed by atoms with Gasteiger partial charge in [-0.2, -0.15) is 0 Å². The second-order valence-corrected chi connectivity index (χ2v) is 6.15. The molecule has 0 rings (SSSR count). The second-order valence-electron chi connectivity index (χ2n) is 6.15. The Morgan fingerprint density at radius 1 is 1.35 bits per heavy atom. The standard InChI is InChI=1S/C13H28N2O2/c1-9(8-16)10(2)15-12(17)11(7-14)6-13(3,4)5/h9-11,16H,6-8,14H2,1-5H3,(H,15,17). The molecule has 0 saturated carbocycles. The van der Waals surface area contributed by atoms with Crippen molar-refractivity contribution in [1.82, 2.24) is 5.32 Å². The molecule has 0 fully saturated rings. The minimum absolute atomic E-state index is 0.00442. The summed E-state index contributed by atoms with van der Waals surface area (Å²) in [4.78, 5) is 12.0. The van der Waals surface area contributed by atoms with Gasteiger partial charge in [0.05, 0.1) is 5.92 Å². The smallest absolute Gasteiger partial charge is 0.224 e. The van der Waals surface area contributed by atoms with Gasteiger partial charge >= 0.3 is 0 Å². The maximum Gasteiger partial charge on any atom is 0.224 e. The fourth-order valence-electron chi connectivity index (χ4n) is 1.66. The van der Waals surface area contributed by atoms with Gasteiger partial charge in [0.1, 0.15) is 0 Å². The van der Waals surface area contributed by atoms with Crippen LogP contribution in [0.25, 0.3) is 0 Å². The lowest BCUT2D eigenvalue weighted by Gasteiger charge is -2.27. The number of nitrogens with one attached hydrogen (secondary N) is 1. The molecule has 17 heavy (non-hydrogen) atoms. The molecular formula is C13H28N2O2. The fourth-order valence-corrected chi connectivity index (χ4v) is 1.66. The molecule has 0 radical (unpaired) electrons. The molecule has 0 aliphatic carbocycles. The van der Waals surface area contributed by atoms with E-state index >= 15 is 0 Å². The predicted octanol–water partition coefficient (Wildman–Crippen LogP) is 1.13. The van der Waals surface area contributed by atoms with Crippen LogP contribution in [-0.4, -0.2) is 30.2 Å². The van der Waals surface area contributed by atoms with Crippen LogP contribution in [0.3, 0.4) is 0 Å². The van der Waals surface area contributed by atoms with Crippen LogP contribution in [0.2, 0.25) is 0 Å². The van der Waals surface area contributed by atoms with Gasteiger partial charge in [-0.3, -0.25) is 4.79 Å². The Kier molecular flexibility index (Phi) is 6.72. The van der Waals surface area contributed by atoms with Crippen LogP contribution in [0.5, 0.6) is 0 Å². The summed E-state index contributed by atoms with van der Waals surface area (Å²) in [7, 11) is 0. The van der Waals surface area contributed by atoms with Crippen molar-refractivity contribution in [3.05, 3.63) is 0 Å². The minimum atomic E-state index is -0.150. The second kappa shape index (κ2) is 6.97. The lowest BCUT2D eigenvalue weighted by Crippen LogP contribution is -2.44. The van der Waals surface area contributed by atoms with Crippen molar-refractivity contribution in [2.75, 3.05) is 13.2 Å². The molecule has 0 saturated heterocycles. The third-order valence-corrected chi connectivity index (χ3v) is 3.03. The maximum atomic E-state index is 12.0. The summed E-state index contributed by atoms with van der Waals surface area (Å²) < 4.78 is 0. The monoisotopic (exact) mass is 244 g/mol. The average Bonchev–Trinajstić information content (AvgIpc) is 2.23. The quantitative estimate of drug-likeness (QED) is 0.655. The molecule has 4 N–H and O–H groups in total. The molecule has 0 aliphatic rings. The number of nitrogens with two attached hydrogens (primary N) is 1. The number of hydrogen-bond donors (Lipinski definition) is 3. The van der Waals surface area contributed by atoms with Gasteiger partial charge in [-0.25, -0.2) is 0 Å². The summed E-state index contributed by atoms with van der Waals surface area (Å²) in [5.41, 5.74) is 5.75. The third kappa shape index (κ3) is 6.64. The third-order valence-electron chi connectivity index (χ3n) is 3.03. The zero-order valence-electron chi connectivity index (χ0n) is 11.8. The predicted molar refractivity (Wildman–Crippen MR) is 70.5 cm³/mol. The highest BCUT2D eigenvalue weighted by Crippen LogP contribution is 2.24. The summed E-state index contributed by atoms with van der Waals surface area (Å²) >= 11 is 0. The Hall–Kier alpha value is -0.610. The van der Waals surface area contributed by atoms with Gasteiger partial charge in [-0.15, -0.1) is 0 Å². The lowest BCUT2D eigenvalue weighted by atomic mass is 9.84. The van der Waals surface area contributed by atoms with E-state index in [0.29, 0.717) is 6.54 Å². The van der Waals surface area contributed by atoms with Gasteiger partial charge in [-0.1, -0.05) is 27.7 Å². The number of rotatable bonds is 6. The number of carbonyl (C=O) groups is 1. The van der Waals surface area contributed by atoms with Crippen molar-refractivity contribution in [1.29, 1.82) is 0 Å². The molecule has 0 aromatic rings. The first kappa shape index (κ1) is 16.4. The molecule has 1 amide bonds. The molecular weight excluding hydrogens is 216 g/mol. The number of hydrogen-bond acceptors (Lipinski definition) is 3. The van der Waals surface area contributed by atoms with Crippen molar-refractivity contribution in [2.24, 2.45) is 23.0 Å². The van der Waals surface area contributed by atoms with Crippen LogP contribution < -0.4 is 11.1 Å². The van der Waals surface area contributed by atoms with E-state index in [2.05, 4.69) is 26.1 Å². The van der Waals surface area contributed by atoms with E-state index in [1.165, 1.54) is 0 Å². The first-order valence-electron chi connectivity index (χ1n) is 6.32. The molecule has 3 atom stereocenters. The first-order chi connectivity index (χ1) is 7.71. The molecule has 0 heterocycles. The highest BCUT2D eigenvalue weighted by molar-refractivity contribution is 5.79. The Bertz CT molecular complexity index is 236. The van der Waals surface area contributed by atoms with Crippen LogP contribution in [0.1, 0.15) is 41.0 Å². The van der Waals surface area contributed by atoms with Gasteiger partial charge in [0.15, 0.2) is 0 Å². The first-order valence-corrected chi connectivity index (χ1v) is 6.32. The summed E-state index contributed by atoms with van der Waals surface area (Å²) in [6.45, 7) is 10.6. The largest absolute Gasteiger partial charge is 0.396 e. The average molecular weight is 244 g/mol. The summed E-state index contributed by atoms with van der Waals surface area (Å²) in [5.74, 6) is -0.0921. The van der Waals surface area contributed by atoms with Crippen LogP contribution in [0.15, 0.2) is 0 Å². The SMILES string of the molecule is CC(CO)C(C)NC(=O)C(CN)CC(C)(C)C. The topological polar surface area (TPSA) is 75.3 Å². The Labute approximate surface area is 105 Å². The van der Waals surface area contributed by atoms with Crippen molar-refractivity contribution >= 4 is 5.91 Å². The molecule has 0 aromatic heterocycles. The van der Waals surface area contributed by atoms with E-state index < -0.39 is 0 Å². The van der Waals surface area contributed by atoms with Crippen LogP contribution in [0, 0.1) is 17.3 Å². The van der Waals surface area contributed by atoms with E-state index in [0.717, 1.165) is 6.42 Å². The minimum Gasteiger partial charge on any atom is -0.396 e. The molecule has 102 valence electrons. The fraction of sp³-hybridized carbons (Fsp3) is 0.923. The maximum absolute atomic E-state index is 12.0. The molecule has 3 unspecified atom stereocenters. The van der Waals surface area contributed by atoms with E-state index in [9.17, 15) is 4.79 Å². The molecule has 4 nitrogen and oxygen atoms in total. The van der Waals surface area contributed by atoms with E-state index in [4.69, 9.17) is 10.8 Å². The Morgan fingerprint density at radius 2 is 1.88 bits per heavy atom. The lowest BCUT2D eigenvalue weighted by molar-refractivity contribution is -0.126. The number of aliphatic hydroxyl groups is 1. The molecule has 0 aromatic carbocycles. The van der Waals surface area contributed by atoms with E-state index in [1.807, 2.05) is 13.8 Å². The van der Waals surface area contributed by atoms with E-state index in [1.54, 1.807) is 0 Å². The molecule has 4 heteroatoms. The number of amides is 1. The molecule has 0 bridgehead atoms. The zero-order valence-corrected chi connectivity index (χ0v) is 11.8. The summed E-state index contributed by atoms with van der Waals surface area (Å²) in [6, 6.07) is -0.0264. The van der Waals surface area contributed by atoms with Crippen LogP contribution in [0.4, 0.5) is 0 Å². The highest BCUT2D eigenvalue weighted by Gasteiger charge is 2.25. The number of aliphatic hydroxyl groups excluding tert-OH is 1. The van der Waals surface area contributed by atoms with Gasteiger partial charge in [-0.05, 0) is 24.7 Å². The number of carbonyl (C=O) groups excluding carboxylic acids is 1. The molecule has 0 aliphatic heterocycles. The van der Waals surface area contributed by atoms with Crippen LogP contribution >= 0.6 is 0 Å². The van der Waals surface area contributed by atoms with E-state index in [-0.39, 0.29) is 35.8 Å². The summed E-state index contributed by atoms with van der Waals surface area (Å²) in [6.07, 6.45) is 0.773. The summed E-state index contributed by atoms with van der Waals surface area (Å²) in [5, 5.41) is 11.9. The van der Waals surface area contributed by atoms with Gasteiger partial charge < -0.3 is 16.2 Å². The zero-order chi connectivity index (χ0) is 13.6. The van der Waals surface area contributed by atoms with Gasteiger partial charge in [0, 0.05) is 19.2 Å². The Balaban J connectivity index is 4.36. The van der Waals surface area contributed by atoms with Crippen molar-refractivity contribution in [3.8, 4) is 0 Å². The highest BCUT2D eigenvalue weighted by atomic mass is 16.3. The normalized spacial score (nSPS) is 17.4. The van der Waals surface area contributed by atoms with Crippen molar-refractivity contribution in [3.63, 3.8) is 0 Å². The van der Waals surface area contributed by atoms with Crippen LogP contribution in [-0.2, 0) is 4.79 Å². The molecule has 0 spiro atoms.